The lowest BCUT2D eigenvalue weighted by molar-refractivity contribution is -0.137. The maximum Gasteiger partial charge on any atom is 0.417 e. The van der Waals surface area contributed by atoms with Crippen molar-refractivity contribution in [2.75, 3.05) is 0 Å². The van der Waals surface area contributed by atoms with Crippen LogP contribution in [0.25, 0.3) is 11.3 Å². The van der Waals surface area contributed by atoms with Crippen LogP contribution >= 0.6 is 0 Å². The molecule has 6 heteroatoms. The summed E-state index contributed by atoms with van der Waals surface area (Å²) in [6.07, 6.45) is -4.03. The Kier molecular flexibility index (Phi) is 3.85. The molecule has 108 valence electrons. The standard InChI is InChI=1S/C15H11F3N2O/c1-2-9-4-3-5-10(6-9)13-7-12(15(16,17)18)11(8-19)14(21)20-13/h3-7H,2H2,1H3,(H,20,21). The van der Waals surface area contributed by atoms with Crippen LogP contribution in [0.15, 0.2) is 35.1 Å². The van der Waals surface area contributed by atoms with Crippen LogP contribution in [0, 0.1) is 11.3 Å². The summed E-state index contributed by atoms with van der Waals surface area (Å²) in [5, 5.41) is 8.74. The third-order valence-electron chi connectivity index (χ3n) is 3.10. The average Bonchev–Trinajstić information content (AvgIpc) is 2.45. The molecule has 0 aliphatic heterocycles. The molecule has 0 unspecified atom stereocenters. The summed E-state index contributed by atoms with van der Waals surface area (Å²) in [7, 11) is 0. The Morgan fingerprint density at radius 2 is 2.00 bits per heavy atom. The molecule has 0 fully saturated rings. The van der Waals surface area contributed by atoms with E-state index in [1.165, 1.54) is 6.07 Å². The van der Waals surface area contributed by atoms with Crippen LogP contribution in [0.2, 0.25) is 0 Å². The monoisotopic (exact) mass is 292 g/mol. The number of aromatic amines is 1. The third kappa shape index (κ3) is 2.97. The summed E-state index contributed by atoms with van der Waals surface area (Å²) < 4.78 is 38.9. The van der Waals surface area contributed by atoms with E-state index in [1.807, 2.05) is 13.0 Å². The van der Waals surface area contributed by atoms with Crippen LogP contribution in [0.5, 0.6) is 0 Å². The minimum Gasteiger partial charge on any atom is -0.321 e. The summed E-state index contributed by atoms with van der Waals surface area (Å²) in [5.41, 5.74) is -1.72. The van der Waals surface area contributed by atoms with E-state index in [0.29, 0.717) is 5.56 Å². The van der Waals surface area contributed by atoms with Gasteiger partial charge < -0.3 is 4.98 Å². The molecular formula is C15H11F3N2O. The maximum atomic E-state index is 13.0. The fourth-order valence-electron chi connectivity index (χ4n) is 2.01. The summed E-state index contributed by atoms with van der Waals surface area (Å²) in [5.74, 6) is 0. The second-order valence-corrected chi connectivity index (χ2v) is 4.46. The van der Waals surface area contributed by atoms with Crippen molar-refractivity contribution in [3.8, 4) is 17.3 Å². The average molecular weight is 292 g/mol. The second kappa shape index (κ2) is 5.44. The molecule has 0 aliphatic rings. The van der Waals surface area contributed by atoms with E-state index in [1.54, 1.807) is 18.2 Å². The van der Waals surface area contributed by atoms with E-state index < -0.39 is 22.9 Å². The number of hydrogen-bond donors (Lipinski definition) is 1. The number of nitriles is 1. The van der Waals surface area contributed by atoms with Gasteiger partial charge in [-0.3, -0.25) is 4.79 Å². The van der Waals surface area contributed by atoms with Gasteiger partial charge >= 0.3 is 6.18 Å². The van der Waals surface area contributed by atoms with Gasteiger partial charge in [0.15, 0.2) is 0 Å². The molecule has 2 aromatic rings. The van der Waals surface area contributed by atoms with Crippen molar-refractivity contribution in [2.24, 2.45) is 0 Å². The molecule has 0 amide bonds. The molecule has 1 aromatic heterocycles. The van der Waals surface area contributed by atoms with Crippen molar-refractivity contribution in [2.45, 2.75) is 19.5 Å². The van der Waals surface area contributed by atoms with Gasteiger partial charge in [0.1, 0.15) is 11.6 Å². The number of aryl methyl sites for hydroxylation is 1. The molecule has 1 heterocycles. The SMILES string of the molecule is CCc1cccc(-c2cc(C(F)(F)F)c(C#N)c(=O)[nH]2)c1. The number of alkyl halides is 3. The van der Waals surface area contributed by atoms with Gasteiger partial charge in [-0.2, -0.15) is 18.4 Å². The summed E-state index contributed by atoms with van der Waals surface area (Å²) in [6.45, 7) is 1.92. The number of pyridine rings is 1. The van der Waals surface area contributed by atoms with E-state index in [0.717, 1.165) is 18.1 Å². The molecular weight excluding hydrogens is 281 g/mol. The third-order valence-corrected chi connectivity index (χ3v) is 3.10. The highest BCUT2D eigenvalue weighted by Gasteiger charge is 2.35. The van der Waals surface area contributed by atoms with Gasteiger partial charge in [-0.15, -0.1) is 0 Å². The first kappa shape index (κ1) is 14.9. The number of H-pyrrole nitrogens is 1. The summed E-state index contributed by atoms with van der Waals surface area (Å²) in [4.78, 5) is 14.0. The zero-order valence-corrected chi connectivity index (χ0v) is 11.1. The minimum absolute atomic E-state index is 0.0432. The molecule has 0 aliphatic carbocycles. The number of hydrogen-bond acceptors (Lipinski definition) is 2. The Bertz CT molecular complexity index is 770. The first-order valence-corrected chi connectivity index (χ1v) is 6.20. The smallest absolute Gasteiger partial charge is 0.321 e. The molecule has 1 aromatic carbocycles. The first-order valence-electron chi connectivity index (χ1n) is 6.20. The van der Waals surface area contributed by atoms with E-state index >= 15 is 0 Å². The first-order chi connectivity index (χ1) is 9.86. The second-order valence-electron chi connectivity index (χ2n) is 4.46. The highest BCUT2D eigenvalue weighted by molar-refractivity contribution is 5.62. The van der Waals surface area contributed by atoms with Crippen LogP contribution < -0.4 is 5.56 Å². The predicted octanol–water partition coefficient (Wildman–Crippen LogP) is 3.49. The molecule has 0 bridgehead atoms. The number of halogens is 3. The minimum atomic E-state index is -4.75. The molecule has 0 radical (unpaired) electrons. The number of nitrogens with one attached hydrogen (secondary N) is 1. The molecule has 3 nitrogen and oxygen atoms in total. The van der Waals surface area contributed by atoms with Gasteiger partial charge in [0.25, 0.3) is 5.56 Å². The fraction of sp³-hybridized carbons (Fsp3) is 0.200. The van der Waals surface area contributed by atoms with Crippen LogP contribution in [0.3, 0.4) is 0 Å². The van der Waals surface area contributed by atoms with Crippen molar-refractivity contribution >= 4 is 0 Å². The van der Waals surface area contributed by atoms with Gasteiger partial charge in [-0.25, -0.2) is 0 Å². The van der Waals surface area contributed by atoms with Gasteiger partial charge in [0.05, 0.1) is 5.56 Å². The van der Waals surface area contributed by atoms with Gasteiger partial charge in [0, 0.05) is 5.69 Å². The van der Waals surface area contributed by atoms with Gasteiger partial charge in [-0.05, 0) is 29.7 Å². The Hall–Kier alpha value is -2.55. The quantitative estimate of drug-likeness (QED) is 0.921. The molecule has 21 heavy (non-hydrogen) atoms. The molecule has 0 saturated carbocycles. The zero-order chi connectivity index (χ0) is 15.6. The van der Waals surface area contributed by atoms with E-state index in [2.05, 4.69) is 4.98 Å². The van der Waals surface area contributed by atoms with Crippen LogP contribution in [0.1, 0.15) is 23.6 Å². The van der Waals surface area contributed by atoms with Gasteiger partial charge in [-0.1, -0.05) is 25.1 Å². The van der Waals surface area contributed by atoms with Crippen molar-refractivity contribution in [1.82, 2.24) is 4.98 Å². The van der Waals surface area contributed by atoms with Crippen molar-refractivity contribution < 1.29 is 13.2 Å². The normalized spacial score (nSPS) is 11.2. The lowest BCUT2D eigenvalue weighted by atomic mass is 10.0. The predicted molar refractivity (Wildman–Crippen MR) is 71.6 cm³/mol. The number of aromatic nitrogens is 1. The largest absolute Gasteiger partial charge is 0.417 e. The van der Waals surface area contributed by atoms with Crippen LogP contribution in [-0.2, 0) is 12.6 Å². The highest BCUT2D eigenvalue weighted by atomic mass is 19.4. The van der Waals surface area contributed by atoms with E-state index in [9.17, 15) is 18.0 Å². The lowest BCUT2D eigenvalue weighted by Gasteiger charge is -2.11. The highest BCUT2D eigenvalue weighted by Crippen LogP contribution is 2.32. The number of rotatable bonds is 2. The van der Waals surface area contributed by atoms with Crippen LogP contribution in [0.4, 0.5) is 13.2 Å². The summed E-state index contributed by atoms with van der Waals surface area (Å²) >= 11 is 0. The van der Waals surface area contributed by atoms with Crippen molar-refractivity contribution in [3.63, 3.8) is 0 Å². The molecule has 2 rings (SSSR count). The number of nitrogens with zero attached hydrogens (tertiary/aromatic N) is 1. The van der Waals surface area contributed by atoms with E-state index in [-0.39, 0.29) is 5.69 Å². The fourth-order valence-corrected chi connectivity index (χ4v) is 2.01. The Labute approximate surface area is 118 Å². The zero-order valence-electron chi connectivity index (χ0n) is 11.1. The van der Waals surface area contributed by atoms with Gasteiger partial charge in [0.2, 0.25) is 0 Å². The molecule has 0 spiro atoms. The maximum absolute atomic E-state index is 13.0. The lowest BCUT2D eigenvalue weighted by Crippen LogP contribution is -2.19. The Morgan fingerprint density at radius 1 is 1.29 bits per heavy atom. The molecule has 0 saturated heterocycles. The number of benzene rings is 1. The van der Waals surface area contributed by atoms with Crippen molar-refractivity contribution in [1.29, 1.82) is 5.26 Å². The van der Waals surface area contributed by atoms with Crippen molar-refractivity contribution in [3.05, 3.63) is 57.4 Å². The Balaban J connectivity index is 2.69. The molecule has 1 N–H and O–H groups in total. The van der Waals surface area contributed by atoms with Crippen LogP contribution in [-0.4, -0.2) is 4.98 Å². The molecule has 0 atom stereocenters. The topological polar surface area (TPSA) is 56.6 Å². The Morgan fingerprint density at radius 3 is 2.57 bits per heavy atom. The van der Waals surface area contributed by atoms with E-state index in [4.69, 9.17) is 5.26 Å². The summed E-state index contributed by atoms with van der Waals surface area (Å²) in [6, 6.07) is 8.97.